The van der Waals surface area contributed by atoms with Crippen molar-refractivity contribution >= 4 is 11.6 Å². The predicted molar refractivity (Wildman–Crippen MR) is 123 cm³/mol. The van der Waals surface area contributed by atoms with Crippen LogP contribution in [0, 0.1) is 0 Å². The third-order valence-electron chi connectivity index (χ3n) is 6.21. The van der Waals surface area contributed by atoms with Crippen LogP contribution < -0.4 is 15.0 Å². The fraction of sp³-hybridized carbons (Fsp3) is 0.480. The van der Waals surface area contributed by atoms with Crippen LogP contribution in [-0.4, -0.2) is 63.9 Å². The molecule has 6 nitrogen and oxygen atoms in total. The number of carbonyl (C=O) groups excluding carboxylic acids is 1. The SMILES string of the molecule is CCOc1ccccc1C(=O)NC[C@@H](c1ccc2c(c1)CCCN2C)N1CCOCC1. The fourth-order valence-corrected chi connectivity index (χ4v) is 4.58. The van der Waals surface area contributed by atoms with Gasteiger partial charge in [0.1, 0.15) is 5.75 Å². The first kappa shape index (κ1) is 21.7. The van der Waals surface area contributed by atoms with Crippen LogP contribution >= 0.6 is 0 Å². The Labute approximate surface area is 185 Å². The van der Waals surface area contributed by atoms with Gasteiger partial charge in [-0.05, 0) is 49.1 Å². The van der Waals surface area contributed by atoms with E-state index in [4.69, 9.17) is 9.47 Å². The van der Waals surface area contributed by atoms with Crippen molar-refractivity contribution in [3.8, 4) is 5.75 Å². The molecule has 0 unspecified atom stereocenters. The maximum absolute atomic E-state index is 13.0. The first-order valence-electron chi connectivity index (χ1n) is 11.3. The molecule has 0 aromatic heterocycles. The number of fused-ring (bicyclic) bond motifs is 1. The molecule has 0 saturated carbocycles. The quantitative estimate of drug-likeness (QED) is 0.741. The molecule has 2 aliphatic rings. The maximum atomic E-state index is 13.0. The molecule has 0 aliphatic carbocycles. The number of nitrogens with zero attached hydrogens (tertiary/aromatic N) is 2. The summed E-state index contributed by atoms with van der Waals surface area (Å²) in [5.74, 6) is 0.530. The van der Waals surface area contributed by atoms with Crippen LogP contribution in [0.15, 0.2) is 42.5 Å². The van der Waals surface area contributed by atoms with Gasteiger partial charge in [0.15, 0.2) is 0 Å². The van der Waals surface area contributed by atoms with Gasteiger partial charge in [-0.25, -0.2) is 0 Å². The van der Waals surface area contributed by atoms with Crippen LogP contribution in [0.1, 0.15) is 40.9 Å². The van der Waals surface area contributed by atoms with Crippen molar-refractivity contribution in [2.45, 2.75) is 25.8 Å². The minimum atomic E-state index is -0.0972. The van der Waals surface area contributed by atoms with Crippen LogP contribution in [0.3, 0.4) is 0 Å². The Morgan fingerprint density at radius 2 is 1.97 bits per heavy atom. The summed E-state index contributed by atoms with van der Waals surface area (Å²) >= 11 is 0. The molecule has 1 atom stereocenters. The monoisotopic (exact) mass is 423 g/mol. The van der Waals surface area contributed by atoms with Gasteiger partial charge < -0.3 is 19.7 Å². The van der Waals surface area contributed by atoms with E-state index < -0.39 is 0 Å². The number of hydrogen-bond donors (Lipinski definition) is 1. The van der Waals surface area contributed by atoms with Crippen LogP contribution in [-0.2, 0) is 11.2 Å². The van der Waals surface area contributed by atoms with Gasteiger partial charge in [-0.1, -0.05) is 24.3 Å². The summed E-state index contributed by atoms with van der Waals surface area (Å²) in [6.45, 7) is 7.31. The van der Waals surface area contributed by atoms with E-state index in [0.717, 1.165) is 39.3 Å². The number of hydrogen-bond acceptors (Lipinski definition) is 5. The minimum absolute atomic E-state index is 0.0972. The Morgan fingerprint density at radius 3 is 2.77 bits per heavy atom. The number of anilines is 1. The van der Waals surface area contributed by atoms with Gasteiger partial charge in [0.2, 0.25) is 0 Å². The van der Waals surface area contributed by atoms with E-state index in [1.54, 1.807) is 0 Å². The molecule has 2 aliphatic heterocycles. The highest BCUT2D eigenvalue weighted by molar-refractivity contribution is 5.96. The highest BCUT2D eigenvalue weighted by Crippen LogP contribution is 2.31. The van der Waals surface area contributed by atoms with E-state index >= 15 is 0 Å². The van der Waals surface area contributed by atoms with Gasteiger partial charge in [0.05, 0.1) is 31.4 Å². The molecule has 0 spiro atoms. The summed E-state index contributed by atoms with van der Waals surface area (Å²) in [4.78, 5) is 17.7. The molecule has 6 heteroatoms. The van der Waals surface area contributed by atoms with Crippen LogP contribution in [0.5, 0.6) is 5.75 Å². The standard InChI is InChI=1S/C25H33N3O3/c1-3-31-24-9-5-4-8-21(24)25(29)26-18-23(28-13-15-30-16-14-28)20-10-11-22-19(17-20)7-6-12-27(22)2/h4-5,8-11,17,23H,3,6-7,12-16,18H2,1-2H3,(H,26,29)/t23-/m0/s1. The molecule has 1 amide bonds. The summed E-state index contributed by atoms with van der Waals surface area (Å²) in [5, 5.41) is 3.17. The molecule has 1 fully saturated rings. The van der Waals surface area contributed by atoms with Crippen molar-refractivity contribution in [3.05, 3.63) is 59.2 Å². The van der Waals surface area contributed by atoms with Crippen LogP contribution in [0.25, 0.3) is 0 Å². The molecular formula is C25H33N3O3. The molecule has 31 heavy (non-hydrogen) atoms. The highest BCUT2D eigenvalue weighted by Gasteiger charge is 2.25. The lowest BCUT2D eigenvalue weighted by Gasteiger charge is -2.36. The van der Waals surface area contributed by atoms with E-state index in [1.807, 2.05) is 31.2 Å². The van der Waals surface area contributed by atoms with Crippen molar-refractivity contribution in [2.75, 3.05) is 57.9 Å². The van der Waals surface area contributed by atoms with Gasteiger partial charge in [-0.15, -0.1) is 0 Å². The number of carbonyl (C=O) groups is 1. The number of benzene rings is 2. The molecule has 2 heterocycles. The summed E-state index contributed by atoms with van der Waals surface area (Å²) < 4.78 is 11.2. The lowest BCUT2D eigenvalue weighted by atomic mass is 9.95. The van der Waals surface area contributed by atoms with Gasteiger partial charge in [0.25, 0.3) is 5.91 Å². The number of amides is 1. The Morgan fingerprint density at radius 1 is 1.16 bits per heavy atom. The fourth-order valence-electron chi connectivity index (χ4n) is 4.58. The summed E-state index contributed by atoms with van der Waals surface area (Å²) in [5.41, 5.74) is 4.56. The van der Waals surface area contributed by atoms with Crippen molar-refractivity contribution < 1.29 is 14.3 Å². The summed E-state index contributed by atoms with van der Waals surface area (Å²) in [7, 11) is 2.16. The van der Waals surface area contributed by atoms with Gasteiger partial charge >= 0.3 is 0 Å². The number of morpholine rings is 1. The number of rotatable bonds is 7. The first-order chi connectivity index (χ1) is 15.2. The van der Waals surface area contributed by atoms with E-state index in [1.165, 1.54) is 23.2 Å². The molecule has 0 radical (unpaired) electrons. The average Bonchev–Trinajstić information content (AvgIpc) is 2.80. The Bertz CT molecular complexity index is 895. The van der Waals surface area contributed by atoms with Gasteiger partial charge in [-0.2, -0.15) is 0 Å². The van der Waals surface area contributed by atoms with Crippen molar-refractivity contribution in [2.24, 2.45) is 0 Å². The molecular weight excluding hydrogens is 390 g/mol. The van der Waals surface area contributed by atoms with E-state index in [0.29, 0.717) is 24.5 Å². The highest BCUT2D eigenvalue weighted by atomic mass is 16.5. The zero-order valence-electron chi connectivity index (χ0n) is 18.6. The van der Waals surface area contributed by atoms with Gasteiger partial charge in [-0.3, -0.25) is 9.69 Å². The number of aryl methyl sites for hydroxylation is 1. The van der Waals surface area contributed by atoms with Crippen molar-refractivity contribution in [1.82, 2.24) is 10.2 Å². The van der Waals surface area contributed by atoms with E-state index in [-0.39, 0.29) is 11.9 Å². The Balaban J connectivity index is 1.54. The van der Waals surface area contributed by atoms with E-state index in [9.17, 15) is 4.79 Å². The molecule has 0 bridgehead atoms. The Kier molecular flexibility index (Phi) is 7.10. The molecule has 166 valence electrons. The maximum Gasteiger partial charge on any atom is 0.255 e. The zero-order chi connectivity index (χ0) is 21.6. The number of nitrogens with one attached hydrogen (secondary N) is 1. The Hall–Kier alpha value is -2.57. The second-order valence-corrected chi connectivity index (χ2v) is 8.22. The summed E-state index contributed by atoms with van der Waals surface area (Å²) in [6.07, 6.45) is 2.29. The van der Waals surface area contributed by atoms with Crippen molar-refractivity contribution in [3.63, 3.8) is 0 Å². The molecule has 1 N–H and O–H groups in total. The van der Waals surface area contributed by atoms with E-state index in [2.05, 4.69) is 40.4 Å². The van der Waals surface area contributed by atoms with Crippen molar-refractivity contribution in [1.29, 1.82) is 0 Å². The number of para-hydroxylation sites is 1. The third kappa shape index (κ3) is 5.02. The second kappa shape index (κ2) is 10.2. The van der Waals surface area contributed by atoms with Gasteiger partial charge in [0, 0.05) is 38.9 Å². The molecule has 1 saturated heterocycles. The zero-order valence-corrected chi connectivity index (χ0v) is 18.6. The first-order valence-corrected chi connectivity index (χ1v) is 11.3. The third-order valence-corrected chi connectivity index (χ3v) is 6.21. The van der Waals surface area contributed by atoms with Crippen LogP contribution in [0.4, 0.5) is 5.69 Å². The minimum Gasteiger partial charge on any atom is -0.493 e. The topological polar surface area (TPSA) is 54.0 Å². The normalized spacial score (nSPS) is 17.7. The average molecular weight is 424 g/mol. The summed E-state index contributed by atoms with van der Waals surface area (Å²) in [6, 6.07) is 14.3. The predicted octanol–water partition coefficient (Wildman–Crippen LogP) is 3.27. The molecule has 4 rings (SSSR count). The molecule has 2 aromatic rings. The second-order valence-electron chi connectivity index (χ2n) is 8.22. The molecule has 2 aromatic carbocycles. The largest absolute Gasteiger partial charge is 0.493 e. The van der Waals surface area contributed by atoms with Crippen LogP contribution in [0.2, 0.25) is 0 Å². The lowest BCUT2D eigenvalue weighted by Crippen LogP contribution is -2.44. The number of ether oxygens (including phenoxy) is 2. The lowest BCUT2D eigenvalue weighted by molar-refractivity contribution is 0.0162. The smallest absolute Gasteiger partial charge is 0.255 e.